The molecule has 0 radical (unpaired) electrons. The lowest BCUT2D eigenvalue weighted by atomic mass is 10.2. The van der Waals surface area contributed by atoms with Crippen LogP contribution in [0, 0.1) is 0 Å². The third-order valence-corrected chi connectivity index (χ3v) is 11.8. The molecule has 6 N–H and O–H groups in total. The predicted molar refractivity (Wildman–Crippen MR) is 248 cm³/mol. The van der Waals surface area contributed by atoms with E-state index in [1.165, 1.54) is 0 Å². The van der Waals surface area contributed by atoms with Gasteiger partial charge in [0, 0.05) is 75.3 Å². The molecule has 0 saturated carbocycles. The van der Waals surface area contributed by atoms with E-state index >= 15 is 0 Å². The number of benzene rings is 4. The number of methoxy groups -OCH3 is 4. The first-order valence-corrected chi connectivity index (χ1v) is 21.4. The molecule has 10 rings (SSSR count). The molecular formula is C46H52N10O11. The Balaban J connectivity index is 0.000000179. The van der Waals surface area contributed by atoms with Crippen molar-refractivity contribution in [2.24, 2.45) is 0 Å². The minimum absolute atomic E-state index is 0. The van der Waals surface area contributed by atoms with E-state index in [1.807, 2.05) is 46.2 Å². The van der Waals surface area contributed by atoms with Crippen molar-refractivity contribution in [2.45, 2.75) is 12.2 Å². The number of piperazine rings is 2. The van der Waals surface area contributed by atoms with Gasteiger partial charge in [-0.3, -0.25) is 9.59 Å². The summed E-state index contributed by atoms with van der Waals surface area (Å²) in [7, 11) is 6.29. The summed E-state index contributed by atoms with van der Waals surface area (Å²) in [6, 6.07) is 21.8. The van der Waals surface area contributed by atoms with Gasteiger partial charge < -0.3 is 74.4 Å². The van der Waals surface area contributed by atoms with Crippen LogP contribution in [-0.4, -0.2) is 153 Å². The summed E-state index contributed by atoms with van der Waals surface area (Å²) in [4.78, 5) is 51.9. The number of carbonyl (C=O) groups is 2. The molecule has 4 aromatic carbocycles. The smallest absolute Gasteiger partial charge is 0.267 e. The molecule has 0 aliphatic carbocycles. The van der Waals surface area contributed by atoms with E-state index in [9.17, 15) is 9.59 Å². The van der Waals surface area contributed by atoms with Crippen LogP contribution >= 0.6 is 0 Å². The van der Waals surface area contributed by atoms with Gasteiger partial charge in [-0.05, 0) is 36.4 Å². The van der Waals surface area contributed by atoms with Gasteiger partial charge in [-0.2, -0.15) is 9.97 Å². The number of ether oxygens (including phenoxy) is 8. The van der Waals surface area contributed by atoms with Gasteiger partial charge in [-0.1, -0.05) is 24.3 Å². The maximum Gasteiger partial charge on any atom is 0.267 e. The molecule has 4 aliphatic rings. The standard InChI is InChI=1S/2C23H25N5O5.H2O/c2*1-30-18-11-14-15(12-19(18)31-2)25-23(26-21(14)24)28-9-7-27(8-10-28)22(29)20-13-32-16-5-3-4-6-17(16)33-20;/h2*3-6,11-12,20H,7-10,13H2,1-2H3,(H2,24,25,26);1H2. The number of rotatable bonds is 8. The predicted octanol–water partition coefficient (Wildman–Crippen LogP) is 2.61. The molecule has 2 atom stereocenters. The Kier molecular flexibility index (Phi) is 13.4. The van der Waals surface area contributed by atoms with E-state index in [-0.39, 0.29) is 30.5 Å². The van der Waals surface area contributed by atoms with E-state index in [2.05, 4.69) is 19.9 Å². The summed E-state index contributed by atoms with van der Waals surface area (Å²) >= 11 is 0. The van der Waals surface area contributed by atoms with Gasteiger partial charge in [0.2, 0.25) is 24.1 Å². The zero-order chi connectivity index (χ0) is 45.9. The van der Waals surface area contributed by atoms with Crippen LogP contribution in [0.25, 0.3) is 21.8 Å². The van der Waals surface area contributed by atoms with Crippen molar-refractivity contribution in [1.29, 1.82) is 0 Å². The number of nitrogen functional groups attached to an aromatic ring is 2. The van der Waals surface area contributed by atoms with Crippen LogP contribution in [-0.2, 0) is 9.59 Å². The first-order valence-electron chi connectivity index (χ1n) is 21.4. The van der Waals surface area contributed by atoms with Gasteiger partial charge in [-0.25, -0.2) is 9.97 Å². The molecule has 2 aromatic heterocycles. The van der Waals surface area contributed by atoms with Gasteiger partial charge in [0.25, 0.3) is 11.8 Å². The minimum Gasteiger partial charge on any atom is -0.493 e. The molecule has 67 heavy (non-hydrogen) atoms. The largest absolute Gasteiger partial charge is 0.493 e. The van der Waals surface area contributed by atoms with Crippen molar-refractivity contribution in [2.75, 3.05) is 115 Å². The Morgan fingerprint density at radius 2 is 0.866 bits per heavy atom. The van der Waals surface area contributed by atoms with Crippen LogP contribution < -0.4 is 59.2 Å². The van der Waals surface area contributed by atoms with Crippen LogP contribution in [0.2, 0.25) is 0 Å². The molecule has 2 unspecified atom stereocenters. The zero-order valence-corrected chi connectivity index (χ0v) is 37.5. The highest BCUT2D eigenvalue weighted by Crippen LogP contribution is 2.37. The fraction of sp³-hybridized carbons (Fsp3) is 0.348. The molecule has 6 aromatic rings. The third kappa shape index (κ3) is 9.30. The summed E-state index contributed by atoms with van der Waals surface area (Å²) in [5, 5.41) is 1.39. The number of hydrogen-bond acceptors (Lipinski definition) is 18. The first kappa shape index (κ1) is 45.6. The Hall–Kier alpha value is -7.94. The van der Waals surface area contributed by atoms with Crippen molar-refractivity contribution < 1.29 is 53.0 Å². The number of hydrogen-bond donors (Lipinski definition) is 2. The van der Waals surface area contributed by atoms with Crippen LogP contribution in [0.15, 0.2) is 72.8 Å². The number of nitrogens with zero attached hydrogens (tertiary/aromatic N) is 8. The number of anilines is 4. The molecule has 6 heterocycles. The number of carbonyl (C=O) groups excluding carboxylic acids is 2. The van der Waals surface area contributed by atoms with E-state index in [1.54, 1.807) is 74.6 Å². The molecule has 2 fully saturated rings. The highest BCUT2D eigenvalue weighted by molar-refractivity contribution is 5.93. The van der Waals surface area contributed by atoms with Crippen molar-refractivity contribution in [3.8, 4) is 46.0 Å². The molecule has 21 nitrogen and oxygen atoms in total. The Morgan fingerprint density at radius 3 is 1.22 bits per heavy atom. The molecule has 0 spiro atoms. The number of nitrogens with two attached hydrogens (primary N) is 2. The lowest BCUT2D eigenvalue weighted by Gasteiger charge is -2.37. The van der Waals surface area contributed by atoms with Crippen LogP contribution in [0.5, 0.6) is 46.0 Å². The molecule has 4 aliphatic heterocycles. The normalized spacial score (nSPS) is 17.4. The molecule has 0 bridgehead atoms. The second-order valence-electron chi connectivity index (χ2n) is 15.6. The van der Waals surface area contributed by atoms with Crippen molar-refractivity contribution >= 4 is 57.2 Å². The summed E-state index contributed by atoms with van der Waals surface area (Å²) in [6.45, 7) is 4.80. The highest BCUT2D eigenvalue weighted by Gasteiger charge is 2.35. The van der Waals surface area contributed by atoms with E-state index in [4.69, 9.17) is 49.4 Å². The maximum absolute atomic E-state index is 13.0. The Bertz CT molecular complexity index is 2580. The van der Waals surface area contributed by atoms with Crippen molar-refractivity contribution in [3.63, 3.8) is 0 Å². The lowest BCUT2D eigenvalue weighted by molar-refractivity contribution is -0.142. The first-order chi connectivity index (χ1) is 32.1. The molecule has 352 valence electrons. The lowest BCUT2D eigenvalue weighted by Crippen LogP contribution is -2.54. The van der Waals surface area contributed by atoms with Crippen LogP contribution in [0.3, 0.4) is 0 Å². The van der Waals surface area contributed by atoms with Gasteiger partial charge in [0.05, 0.1) is 39.5 Å². The van der Waals surface area contributed by atoms with E-state index < -0.39 is 12.2 Å². The maximum atomic E-state index is 13.0. The number of aromatic nitrogens is 4. The van der Waals surface area contributed by atoms with Crippen molar-refractivity contribution in [1.82, 2.24) is 29.7 Å². The SMILES string of the molecule is COc1cc2nc(N3CCN(C(=O)C4COc5ccccc5O4)CC3)nc(N)c2cc1OC.COc1cc2nc(N3CCN(C(=O)C4COc5ccccc5O4)CC3)nc(N)c2cc1OC.O. The second kappa shape index (κ2) is 19.7. The van der Waals surface area contributed by atoms with Gasteiger partial charge in [-0.15, -0.1) is 0 Å². The topological polar surface area (TPSA) is 256 Å². The minimum atomic E-state index is -0.651. The zero-order valence-electron chi connectivity index (χ0n) is 37.5. The second-order valence-corrected chi connectivity index (χ2v) is 15.6. The molecule has 21 heteroatoms. The van der Waals surface area contributed by atoms with E-state index in [0.717, 1.165) is 0 Å². The average molecular weight is 921 g/mol. The van der Waals surface area contributed by atoms with Gasteiger partial charge in [0.1, 0.15) is 24.8 Å². The number of amides is 2. The number of fused-ring (bicyclic) bond motifs is 4. The van der Waals surface area contributed by atoms with Gasteiger partial charge >= 0.3 is 0 Å². The quantitative estimate of drug-likeness (QED) is 0.222. The fourth-order valence-electron chi connectivity index (χ4n) is 8.16. The molecule has 2 saturated heterocycles. The summed E-state index contributed by atoms with van der Waals surface area (Å²) in [5.41, 5.74) is 13.8. The summed E-state index contributed by atoms with van der Waals surface area (Å²) < 4.78 is 44.6. The average Bonchev–Trinajstić information content (AvgIpc) is 3.37. The summed E-state index contributed by atoms with van der Waals surface area (Å²) in [5.74, 6) is 6.37. The monoisotopic (exact) mass is 920 g/mol. The highest BCUT2D eigenvalue weighted by atomic mass is 16.6. The molecular weight excluding hydrogens is 869 g/mol. The van der Waals surface area contributed by atoms with Crippen LogP contribution in [0.1, 0.15) is 0 Å². The Morgan fingerprint density at radius 1 is 0.522 bits per heavy atom. The third-order valence-electron chi connectivity index (χ3n) is 11.8. The summed E-state index contributed by atoms with van der Waals surface area (Å²) in [6.07, 6.45) is -1.30. The van der Waals surface area contributed by atoms with Crippen LogP contribution in [0.4, 0.5) is 23.5 Å². The molecule has 2 amide bonds. The van der Waals surface area contributed by atoms with Crippen molar-refractivity contribution in [3.05, 3.63) is 72.8 Å². The number of para-hydroxylation sites is 4. The fourth-order valence-corrected chi connectivity index (χ4v) is 8.16. The van der Waals surface area contributed by atoms with Gasteiger partial charge in [0.15, 0.2) is 46.0 Å². The van der Waals surface area contributed by atoms with E-state index in [0.29, 0.717) is 144 Å². The Labute approximate surface area is 385 Å².